The highest BCUT2D eigenvalue weighted by Gasteiger charge is 2.49. The van der Waals surface area contributed by atoms with Gasteiger partial charge in [0.05, 0.1) is 30.2 Å². The van der Waals surface area contributed by atoms with E-state index in [0.717, 1.165) is 47.2 Å². The number of amides is 1. The summed E-state index contributed by atoms with van der Waals surface area (Å²) in [6.07, 6.45) is 7.16. The van der Waals surface area contributed by atoms with Crippen molar-refractivity contribution >= 4 is 34.2 Å². The third kappa shape index (κ3) is 7.41. The Morgan fingerprint density at radius 3 is 2.50 bits per heavy atom. The van der Waals surface area contributed by atoms with E-state index in [4.69, 9.17) is 0 Å². The Morgan fingerprint density at radius 1 is 1.00 bits per heavy atom. The molecule has 1 aromatic carbocycles. The molecule has 0 aliphatic carbocycles. The van der Waals surface area contributed by atoms with Gasteiger partial charge in [-0.2, -0.15) is 5.10 Å². The first-order chi connectivity index (χ1) is 23.8. The van der Waals surface area contributed by atoms with E-state index in [2.05, 4.69) is 20.1 Å². The molecular weight excluding hydrogens is 635 g/mol. The number of fused-ring (bicyclic) bond motifs is 2. The molecule has 50 heavy (non-hydrogen) atoms. The van der Waals surface area contributed by atoms with Crippen LogP contribution in [0.5, 0.6) is 0 Å². The van der Waals surface area contributed by atoms with E-state index in [1.807, 2.05) is 52.0 Å². The van der Waals surface area contributed by atoms with Crippen LogP contribution >= 0.6 is 0 Å². The molecule has 0 unspecified atom stereocenters. The van der Waals surface area contributed by atoms with E-state index < -0.39 is 17.6 Å². The molecule has 1 saturated heterocycles. The van der Waals surface area contributed by atoms with Gasteiger partial charge in [-0.25, -0.2) is 14.4 Å². The molecule has 0 N–H and O–H groups in total. The average molecular weight is 681 g/mol. The molecule has 3 atom stereocenters. The summed E-state index contributed by atoms with van der Waals surface area (Å²) in [6.45, 7) is 8.30. The fourth-order valence-corrected chi connectivity index (χ4v) is 7.40. The summed E-state index contributed by atoms with van der Waals surface area (Å²) in [6, 6.07) is 6.67. The fraction of sp³-hybridized carbons (Fsp3) is 0.487. The number of hydrogen-bond donors (Lipinski definition) is 0. The van der Waals surface area contributed by atoms with Gasteiger partial charge in [-0.15, -0.1) is 0 Å². The van der Waals surface area contributed by atoms with Crippen molar-refractivity contribution in [1.82, 2.24) is 29.6 Å². The Labute approximate surface area is 291 Å². The summed E-state index contributed by atoms with van der Waals surface area (Å²) < 4.78 is 18.3. The standard InChI is InChI=1S/C39H45FN6O4/c1-23-11-12-25(3)43-32(23)17-35(49)33-18-39(40)14-13-34(48)24(2)9-7-6-8-10-28-15-29(30-19-41-27(5)42-20-30)16-31-37(26(4)47)44-46(38(28)31)21-36(50)45(33)22-39/h11-12,15-16,19-20,24,33H,6-10,13-14,17-18,21-22H2,1-5H3/t24-,33+,39-/m1/s1. The molecule has 2 bridgehead atoms. The second kappa shape index (κ2) is 14.3. The van der Waals surface area contributed by atoms with Crippen LogP contribution < -0.4 is 0 Å². The van der Waals surface area contributed by atoms with Crippen LogP contribution in [0.2, 0.25) is 0 Å². The Hall–Kier alpha value is -4.67. The van der Waals surface area contributed by atoms with Crippen molar-refractivity contribution in [3.8, 4) is 11.1 Å². The second-order valence-corrected chi connectivity index (χ2v) is 14.3. The summed E-state index contributed by atoms with van der Waals surface area (Å²) in [5.41, 5.74) is 3.74. The number of aromatic nitrogens is 5. The van der Waals surface area contributed by atoms with Gasteiger partial charge in [-0.3, -0.25) is 28.8 Å². The zero-order chi connectivity index (χ0) is 35.7. The zero-order valence-corrected chi connectivity index (χ0v) is 29.6. The summed E-state index contributed by atoms with van der Waals surface area (Å²) in [5, 5.41) is 5.29. The number of hydrogen-bond acceptors (Lipinski definition) is 8. The van der Waals surface area contributed by atoms with E-state index in [1.165, 1.54) is 11.8 Å². The molecule has 4 aromatic rings. The highest BCUT2D eigenvalue weighted by atomic mass is 19.1. The number of pyridine rings is 1. The smallest absolute Gasteiger partial charge is 0.245 e. The Morgan fingerprint density at radius 2 is 1.76 bits per heavy atom. The lowest BCUT2D eigenvalue weighted by molar-refractivity contribution is -0.138. The van der Waals surface area contributed by atoms with Crippen LogP contribution in [0.25, 0.3) is 22.0 Å². The monoisotopic (exact) mass is 680 g/mol. The lowest BCUT2D eigenvalue weighted by Crippen LogP contribution is -2.43. The largest absolute Gasteiger partial charge is 0.328 e. The van der Waals surface area contributed by atoms with Gasteiger partial charge >= 0.3 is 0 Å². The lowest BCUT2D eigenvalue weighted by Gasteiger charge is -2.24. The number of halogens is 1. The van der Waals surface area contributed by atoms with Gasteiger partial charge in [0.1, 0.15) is 29.5 Å². The van der Waals surface area contributed by atoms with E-state index >= 15 is 4.39 Å². The molecule has 1 amide bonds. The van der Waals surface area contributed by atoms with Crippen LogP contribution in [-0.2, 0) is 33.8 Å². The third-order valence-electron chi connectivity index (χ3n) is 10.4. The van der Waals surface area contributed by atoms with Crippen LogP contribution in [0.3, 0.4) is 0 Å². The summed E-state index contributed by atoms with van der Waals surface area (Å²) >= 11 is 0. The molecular formula is C39H45FN6O4. The normalized spacial score (nSPS) is 22.2. The SMILES string of the molecule is CC(=O)c1nn2c3c(cc(-c4cnc(C)nc4)cc13)CCCCC[C@@H](C)C(=O)CC[C@@]1(F)C[C@@H](C(=O)Cc3nc(C)ccc3C)N(C1)C(=O)C2. The van der Waals surface area contributed by atoms with Gasteiger partial charge in [0.15, 0.2) is 11.6 Å². The number of nitrogens with zero attached hydrogens (tertiary/aromatic N) is 6. The summed E-state index contributed by atoms with van der Waals surface area (Å²) in [5.74, 6) is -0.578. The number of carbonyl (C=O) groups excluding carboxylic acids is 4. The molecule has 0 spiro atoms. The predicted octanol–water partition coefficient (Wildman–Crippen LogP) is 6.24. The van der Waals surface area contributed by atoms with Gasteiger partial charge in [0, 0.05) is 54.7 Å². The second-order valence-electron chi connectivity index (χ2n) is 14.3. The fourth-order valence-electron chi connectivity index (χ4n) is 7.40. The molecule has 262 valence electrons. The zero-order valence-electron chi connectivity index (χ0n) is 29.6. The number of Topliss-reactive ketones (excluding diaryl/α,β-unsaturated/α-hetero) is 3. The molecule has 11 heteroatoms. The maximum atomic E-state index is 16.7. The molecule has 1 fully saturated rings. The van der Waals surface area contributed by atoms with Crippen molar-refractivity contribution in [3.63, 3.8) is 0 Å². The summed E-state index contributed by atoms with van der Waals surface area (Å²) in [4.78, 5) is 68.9. The lowest BCUT2D eigenvalue weighted by atomic mass is 9.89. The van der Waals surface area contributed by atoms with Crippen LogP contribution in [0, 0.1) is 26.7 Å². The van der Waals surface area contributed by atoms with Gasteiger partial charge in [0.2, 0.25) is 5.91 Å². The molecule has 10 nitrogen and oxygen atoms in total. The topological polar surface area (TPSA) is 128 Å². The number of benzene rings is 1. The molecule has 6 rings (SSSR count). The van der Waals surface area contributed by atoms with E-state index in [0.29, 0.717) is 35.3 Å². The minimum Gasteiger partial charge on any atom is -0.328 e. The predicted molar refractivity (Wildman–Crippen MR) is 187 cm³/mol. The Balaban J connectivity index is 1.42. The number of carbonyl (C=O) groups is 4. The van der Waals surface area contributed by atoms with Crippen LogP contribution in [0.1, 0.15) is 97.6 Å². The first-order valence-corrected chi connectivity index (χ1v) is 17.6. The molecule has 0 saturated carbocycles. The number of alkyl halides is 1. The number of ketones is 3. The van der Waals surface area contributed by atoms with Crippen molar-refractivity contribution in [3.05, 3.63) is 70.7 Å². The minimum absolute atomic E-state index is 0.00482. The Bertz CT molecular complexity index is 1970. The van der Waals surface area contributed by atoms with Crippen LogP contribution in [0.4, 0.5) is 4.39 Å². The van der Waals surface area contributed by atoms with Crippen molar-refractivity contribution in [2.24, 2.45) is 5.92 Å². The van der Waals surface area contributed by atoms with Crippen molar-refractivity contribution in [2.75, 3.05) is 6.54 Å². The van der Waals surface area contributed by atoms with Crippen LogP contribution in [0.15, 0.2) is 36.7 Å². The number of rotatable bonds is 5. The minimum atomic E-state index is -1.90. The first kappa shape index (κ1) is 35.2. The first-order valence-electron chi connectivity index (χ1n) is 17.6. The molecule has 2 aliphatic heterocycles. The molecule has 5 heterocycles. The van der Waals surface area contributed by atoms with Crippen molar-refractivity contribution in [2.45, 2.75) is 111 Å². The molecule has 0 radical (unpaired) electrons. The van der Waals surface area contributed by atoms with E-state index in [-0.39, 0.29) is 67.7 Å². The number of aryl methyl sites for hydroxylation is 4. The van der Waals surface area contributed by atoms with Crippen molar-refractivity contribution in [1.29, 1.82) is 0 Å². The Kier molecular flexibility index (Phi) is 10.0. The van der Waals surface area contributed by atoms with Crippen LogP contribution in [-0.4, -0.2) is 71.1 Å². The third-order valence-corrected chi connectivity index (χ3v) is 10.4. The maximum Gasteiger partial charge on any atom is 0.245 e. The van der Waals surface area contributed by atoms with E-state index in [9.17, 15) is 19.2 Å². The quantitative estimate of drug-likeness (QED) is 0.227. The highest BCUT2D eigenvalue weighted by molar-refractivity contribution is 6.07. The molecule has 2 aliphatic rings. The van der Waals surface area contributed by atoms with Gasteiger partial charge < -0.3 is 4.90 Å². The van der Waals surface area contributed by atoms with E-state index in [1.54, 1.807) is 17.1 Å². The van der Waals surface area contributed by atoms with Gasteiger partial charge in [-0.1, -0.05) is 25.8 Å². The van der Waals surface area contributed by atoms with Crippen molar-refractivity contribution < 1.29 is 23.6 Å². The average Bonchev–Trinajstić information content (AvgIpc) is 3.63. The van der Waals surface area contributed by atoms with Gasteiger partial charge in [-0.05, 0) is 81.3 Å². The highest BCUT2D eigenvalue weighted by Crippen LogP contribution is 2.37. The molecule has 3 aromatic heterocycles. The maximum absolute atomic E-state index is 16.7. The van der Waals surface area contributed by atoms with Gasteiger partial charge in [0.25, 0.3) is 0 Å². The summed E-state index contributed by atoms with van der Waals surface area (Å²) in [7, 11) is 0.